The van der Waals surface area contributed by atoms with E-state index in [0.717, 1.165) is 37.5 Å². The molecule has 4 heteroatoms. The highest BCUT2D eigenvalue weighted by Gasteiger charge is 2.06. The molecule has 0 spiro atoms. The monoisotopic (exact) mass is 320 g/mol. The summed E-state index contributed by atoms with van der Waals surface area (Å²) in [5.74, 6) is 3.35. The lowest BCUT2D eigenvalue weighted by atomic mass is 10.1. The minimum atomic E-state index is -0.222. The fraction of sp³-hybridized carbons (Fsp3) is 0.579. The van der Waals surface area contributed by atoms with Crippen LogP contribution in [0, 0.1) is 12.3 Å². The Balaban J connectivity index is 0.00000232. The van der Waals surface area contributed by atoms with Crippen molar-refractivity contribution in [2.24, 2.45) is 0 Å². The zero-order valence-electron chi connectivity index (χ0n) is 15.2. The lowest BCUT2D eigenvalue weighted by Gasteiger charge is -2.17. The average Bonchev–Trinajstić information content (AvgIpc) is 2.59. The number of hydrogen-bond donors (Lipinski definition) is 2. The molecule has 0 heterocycles. The highest BCUT2D eigenvalue weighted by Crippen LogP contribution is 2.19. The summed E-state index contributed by atoms with van der Waals surface area (Å²) >= 11 is 0. The molecule has 0 saturated heterocycles. The van der Waals surface area contributed by atoms with Crippen molar-refractivity contribution in [2.45, 2.75) is 53.2 Å². The minimum absolute atomic E-state index is 0.182. The van der Waals surface area contributed by atoms with Crippen molar-refractivity contribution in [3.63, 3.8) is 0 Å². The van der Waals surface area contributed by atoms with Crippen molar-refractivity contribution in [3.05, 3.63) is 29.8 Å². The van der Waals surface area contributed by atoms with Gasteiger partial charge in [0.15, 0.2) is 6.10 Å². The lowest BCUT2D eigenvalue weighted by molar-refractivity contribution is 0.143. The van der Waals surface area contributed by atoms with Crippen molar-refractivity contribution < 1.29 is 9.47 Å². The fourth-order valence-electron chi connectivity index (χ4n) is 1.81. The largest absolute Gasteiger partial charge is 0.478 e. The third kappa shape index (κ3) is 9.96. The Morgan fingerprint density at radius 1 is 1.26 bits per heavy atom. The van der Waals surface area contributed by atoms with Crippen LogP contribution in [0.1, 0.15) is 52.6 Å². The molecule has 0 aliphatic rings. The van der Waals surface area contributed by atoms with Gasteiger partial charge in [-0.3, -0.25) is 10.9 Å². The van der Waals surface area contributed by atoms with E-state index >= 15 is 0 Å². The molecule has 0 amide bonds. The fourth-order valence-corrected chi connectivity index (χ4v) is 1.81. The molecule has 0 aromatic heterocycles. The van der Waals surface area contributed by atoms with Gasteiger partial charge < -0.3 is 9.47 Å². The van der Waals surface area contributed by atoms with E-state index < -0.39 is 0 Å². The van der Waals surface area contributed by atoms with E-state index in [2.05, 4.69) is 29.8 Å². The maximum atomic E-state index is 5.62. The highest BCUT2D eigenvalue weighted by molar-refractivity contribution is 5.30. The van der Waals surface area contributed by atoms with E-state index in [1.165, 1.54) is 0 Å². The molecular weight excluding hydrogens is 288 g/mol. The molecule has 0 radical (unpaired) electrons. The van der Waals surface area contributed by atoms with Gasteiger partial charge in [-0.2, -0.15) is 0 Å². The summed E-state index contributed by atoms with van der Waals surface area (Å²) in [6.45, 7) is 12.4. The first-order chi connectivity index (χ1) is 11.2. The van der Waals surface area contributed by atoms with E-state index in [9.17, 15) is 0 Å². The minimum Gasteiger partial charge on any atom is -0.478 e. The third-order valence-corrected chi connectivity index (χ3v) is 3.02. The molecule has 0 aliphatic carbocycles. The molecule has 4 nitrogen and oxygen atoms in total. The van der Waals surface area contributed by atoms with E-state index in [0.29, 0.717) is 0 Å². The number of hydrazine groups is 1. The Kier molecular flexibility index (Phi) is 13.1. The van der Waals surface area contributed by atoms with Gasteiger partial charge in [0.1, 0.15) is 5.75 Å². The molecule has 1 aromatic rings. The van der Waals surface area contributed by atoms with Gasteiger partial charge in [-0.25, -0.2) is 0 Å². The van der Waals surface area contributed by atoms with Crippen LogP contribution in [-0.4, -0.2) is 25.9 Å². The molecule has 0 bridgehead atoms. The number of rotatable bonds is 10. The van der Waals surface area contributed by atoms with Crippen LogP contribution in [-0.2, 0) is 4.74 Å². The maximum Gasteiger partial charge on any atom is 0.156 e. The summed E-state index contributed by atoms with van der Waals surface area (Å²) < 4.78 is 10.9. The smallest absolute Gasteiger partial charge is 0.156 e. The van der Waals surface area contributed by atoms with Crippen LogP contribution in [0.3, 0.4) is 0 Å². The molecule has 2 unspecified atom stereocenters. The van der Waals surface area contributed by atoms with Crippen LogP contribution in [0.25, 0.3) is 0 Å². The van der Waals surface area contributed by atoms with Crippen molar-refractivity contribution in [2.75, 3.05) is 19.8 Å². The van der Waals surface area contributed by atoms with Crippen LogP contribution in [0.15, 0.2) is 24.3 Å². The number of ether oxygens (including phenoxy) is 2. The van der Waals surface area contributed by atoms with E-state index in [1.54, 1.807) is 0 Å². The second-order valence-electron chi connectivity index (χ2n) is 4.84. The normalized spacial score (nSPS) is 12.5. The molecule has 1 aromatic carbocycles. The molecule has 130 valence electrons. The Morgan fingerprint density at radius 2 is 2.00 bits per heavy atom. The Morgan fingerprint density at radius 3 is 2.65 bits per heavy atom. The summed E-state index contributed by atoms with van der Waals surface area (Å²) in [7, 11) is 0. The predicted molar refractivity (Wildman–Crippen MR) is 97.4 cm³/mol. The molecule has 2 atom stereocenters. The van der Waals surface area contributed by atoms with Crippen LogP contribution in [0.2, 0.25) is 0 Å². The van der Waals surface area contributed by atoms with Gasteiger partial charge in [-0.1, -0.05) is 31.9 Å². The number of hydrogen-bond acceptors (Lipinski definition) is 4. The second kappa shape index (κ2) is 14.1. The van der Waals surface area contributed by atoms with Crippen LogP contribution < -0.4 is 15.6 Å². The molecule has 2 N–H and O–H groups in total. The van der Waals surface area contributed by atoms with Crippen molar-refractivity contribution in [1.29, 1.82) is 0 Å². The summed E-state index contributed by atoms with van der Waals surface area (Å²) in [5.41, 5.74) is 7.63. The highest BCUT2D eigenvalue weighted by atomic mass is 16.5. The summed E-state index contributed by atoms with van der Waals surface area (Å²) in [6, 6.07) is 8.14. The molecule has 1 rings (SSSR count). The molecule has 0 aliphatic heterocycles. The Bertz CT molecular complexity index is 443. The van der Waals surface area contributed by atoms with Gasteiger partial charge in [0.2, 0.25) is 0 Å². The number of terminal acetylenes is 1. The molecular formula is C19H32N2O2. The topological polar surface area (TPSA) is 42.5 Å². The number of nitrogens with one attached hydrogen (secondary N) is 2. The maximum absolute atomic E-state index is 5.62. The van der Waals surface area contributed by atoms with Gasteiger partial charge in [-0.15, -0.1) is 6.42 Å². The van der Waals surface area contributed by atoms with E-state index in [1.807, 2.05) is 45.9 Å². The summed E-state index contributed by atoms with van der Waals surface area (Å²) in [4.78, 5) is 0. The van der Waals surface area contributed by atoms with Gasteiger partial charge in [0.25, 0.3) is 0 Å². The van der Waals surface area contributed by atoms with Gasteiger partial charge in [-0.05, 0) is 44.9 Å². The molecule has 23 heavy (non-hydrogen) atoms. The average molecular weight is 320 g/mol. The van der Waals surface area contributed by atoms with Crippen LogP contribution in [0.4, 0.5) is 0 Å². The lowest BCUT2D eigenvalue weighted by Crippen LogP contribution is -2.35. The number of benzene rings is 1. The molecule has 0 fully saturated rings. The predicted octanol–water partition coefficient (Wildman–Crippen LogP) is 3.70. The standard InChI is InChI=1S/C17H26N2O2.C2H6/c1-5-14(3)21-17-10-7-9-16(13-17)15(4)19-18-11-8-12-20-6-2;1-2/h1,7,9-10,13-15,18-19H,6,8,11-12H2,2-4H3;1-2H3. The zero-order valence-corrected chi connectivity index (χ0v) is 15.2. The third-order valence-electron chi connectivity index (χ3n) is 3.02. The van der Waals surface area contributed by atoms with Crippen molar-refractivity contribution >= 4 is 0 Å². The first-order valence-corrected chi connectivity index (χ1v) is 8.46. The van der Waals surface area contributed by atoms with E-state index in [-0.39, 0.29) is 12.1 Å². The quantitative estimate of drug-likeness (QED) is 0.392. The van der Waals surface area contributed by atoms with Gasteiger partial charge in [0.05, 0.1) is 0 Å². The second-order valence-corrected chi connectivity index (χ2v) is 4.84. The SMILES string of the molecule is C#CC(C)Oc1cccc(C(C)NNCCCOCC)c1.CC. The Hall–Kier alpha value is -1.54. The first-order valence-electron chi connectivity index (χ1n) is 8.46. The van der Waals surface area contributed by atoms with Crippen LogP contribution in [0.5, 0.6) is 5.75 Å². The summed E-state index contributed by atoms with van der Waals surface area (Å²) in [5, 5.41) is 0. The van der Waals surface area contributed by atoms with Gasteiger partial charge in [0, 0.05) is 25.8 Å². The first kappa shape index (κ1) is 21.5. The summed E-state index contributed by atoms with van der Waals surface area (Å²) in [6.07, 6.45) is 6.09. The van der Waals surface area contributed by atoms with Crippen LogP contribution >= 0.6 is 0 Å². The molecule has 0 saturated carbocycles. The van der Waals surface area contributed by atoms with Crippen molar-refractivity contribution in [1.82, 2.24) is 10.9 Å². The van der Waals surface area contributed by atoms with Gasteiger partial charge >= 0.3 is 0 Å². The zero-order chi connectivity index (χ0) is 17.5. The Labute approximate surface area is 141 Å². The van der Waals surface area contributed by atoms with Crippen molar-refractivity contribution in [3.8, 4) is 18.1 Å². The van der Waals surface area contributed by atoms with E-state index in [4.69, 9.17) is 15.9 Å².